The Kier molecular flexibility index (Phi) is 3.05. The van der Waals surface area contributed by atoms with Gasteiger partial charge in [0.2, 0.25) is 0 Å². The number of benzene rings is 1. The Labute approximate surface area is 116 Å². The quantitative estimate of drug-likeness (QED) is 0.743. The van der Waals surface area contributed by atoms with E-state index >= 15 is 0 Å². The van der Waals surface area contributed by atoms with Crippen LogP contribution in [0.1, 0.15) is 5.69 Å². The molecule has 1 N–H and O–H groups in total. The third-order valence-corrected chi connectivity index (χ3v) is 3.37. The molecule has 0 aliphatic rings. The molecule has 0 saturated carbocycles. The lowest BCUT2D eigenvalue weighted by atomic mass is 10.2. The summed E-state index contributed by atoms with van der Waals surface area (Å²) in [5.74, 6) is 0. The van der Waals surface area contributed by atoms with Crippen LogP contribution >= 0.6 is 12.2 Å². The van der Waals surface area contributed by atoms with Gasteiger partial charge in [0.25, 0.3) is 0 Å². The molecule has 0 aliphatic carbocycles. The zero-order valence-electron chi connectivity index (χ0n) is 10.6. The molecule has 2 aromatic heterocycles. The number of aryl methyl sites for hydroxylation is 1. The zero-order valence-corrected chi connectivity index (χ0v) is 11.4. The molecule has 0 amide bonds. The Morgan fingerprint density at radius 3 is 2.68 bits per heavy atom. The number of H-pyrrole nitrogens is 1. The van der Waals surface area contributed by atoms with Crippen LogP contribution in [-0.2, 0) is 13.6 Å². The van der Waals surface area contributed by atoms with Gasteiger partial charge in [-0.05, 0) is 23.8 Å². The number of aromatic amines is 1. The maximum absolute atomic E-state index is 5.35. The van der Waals surface area contributed by atoms with Gasteiger partial charge in [-0.2, -0.15) is 5.10 Å². The lowest BCUT2D eigenvalue weighted by Gasteiger charge is -2.06. The van der Waals surface area contributed by atoms with E-state index in [4.69, 9.17) is 12.2 Å². The van der Waals surface area contributed by atoms with Gasteiger partial charge in [-0.15, -0.1) is 0 Å². The predicted octanol–water partition coefficient (Wildman–Crippen LogP) is 2.99. The number of rotatable bonds is 3. The van der Waals surface area contributed by atoms with Crippen LogP contribution in [0.4, 0.5) is 0 Å². The molecule has 3 rings (SSSR count). The summed E-state index contributed by atoms with van der Waals surface area (Å²) in [6.07, 6.45) is 3.88. The fraction of sp³-hybridized carbons (Fsp3) is 0.143. The van der Waals surface area contributed by atoms with Gasteiger partial charge in [0, 0.05) is 19.4 Å². The number of hydrogen-bond acceptors (Lipinski definition) is 2. The molecular weight excluding hydrogens is 256 g/mol. The maximum atomic E-state index is 5.35. The molecule has 0 fully saturated rings. The van der Waals surface area contributed by atoms with E-state index in [-0.39, 0.29) is 0 Å². The first-order valence-corrected chi connectivity index (χ1v) is 6.47. The van der Waals surface area contributed by atoms with E-state index in [0.717, 1.165) is 17.0 Å². The highest BCUT2D eigenvalue weighted by molar-refractivity contribution is 7.71. The van der Waals surface area contributed by atoms with Crippen molar-refractivity contribution in [3.05, 3.63) is 59.3 Å². The van der Waals surface area contributed by atoms with E-state index in [2.05, 4.69) is 26.8 Å². The van der Waals surface area contributed by atoms with Crippen LogP contribution in [0, 0.1) is 4.77 Å². The smallest absolute Gasteiger partial charge is 0.177 e. The van der Waals surface area contributed by atoms with Crippen LogP contribution in [0.15, 0.2) is 48.8 Å². The minimum atomic E-state index is 0.674. The predicted molar refractivity (Wildman–Crippen MR) is 77.4 cm³/mol. The Balaban J connectivity index is 2.02. The number of nitrogens with one attached hydrogen (secondary N) is 1. The normalized spacial score (nSPS) is 10.8. The van der Waals surface area contributed by atoms with Gasteiger partial charge in [-0.1, -0.05) is 30.3 Å². The van der Waals surface area contributed by atoms with E-state index in [0.29, 0.717) is 11.3 Å². The fourth-order valence-corrected chi connectivity index (χ4v) is 2.33. The van der Waals surface area contributed by atoms with Crippen molar-refractivity contribution in [3.8, 4) is 11.3 Å². The first-order chi connectivity index (χ1) is 9.24. The van der Waals surface area contributed by atoms with Crippen LogP contribution in [0.5, 0.6) is 0 Å². The summed E-state index contributed by atoms with van der Waals surface area (Å²) in [5, 5.41) is 4.40. The summed E-state index contributed by atoms with van der Waals surface area (Å²) in [6.45, 7) is 0.674. The first-order valence-electron chi connectivity index (χ1n) is 6.06. The van der Waals surface area contributed by atoms with Crippen LogP contribution < -0.4 is 0 Å². The molecule has 0 unspecified atom stereocenters. The Hall–Kier alpha value is -2.14. The largest absolute Gasteiger partial charge is 0.337 e. The standard InChI is InChI=1S/C14H14N4S/c1-17-8-7-12(16-17)10-18-13(9-15-14(18)19)11-5-3-2-4-6-11/h2-9H,10H2,1H3,(H,15,19). The highest BCUT2D eigenvalue weighted by Gasteiger charge is 2.08. The molecule has 2 heterocycles. The highest BCUT2D eigenvalue weighted by atomic mass is 32.1. The summed E-state index contributed by atoms with van der Waals surface area (Å²) in [5.41, 5.74) is 3.22. The Morgan fingerprint density at radius 1 is 1.21 bits per heavy atom. The van der Waals surface area contributed by atoms with Crippen molar-refractivity contribution in [2.24, 2.45) is 7.05 Å². The van der Waals surface area contributed by atoms with Crippen molar-refractivity contribution in [3.63, 3.8) is 0 Å². The molecule has 0 atom stereocenters. The van der Waals surface area contributed by atoms with E-state index in [1.54, 1.807) is 4.68 Å². The van der Waals surface area contributed by atoms with Gasteiger partial charge in [-0.25, -0.2) is 0 Å². The van der Waals surface area contributed by atoms with Crippen molar-refractivity contribution < 1.29 is 0 Å². The average molecular weight is 270 g/mol. The summed E-state index contributed by atoms with van der Waals surface area (Å²) in [4.78, 5) is 3.11. The molecule has 96 valence electrons. The maximum Gasteiger partial charge on any atom is 0.177 e. The van der Waals surface area contributed by atoms with Gasteiger partial charge in [0.1, 0.15) is 0 Å². The molecule has 3 aromatic rings. The van der Waals surface area contributed by atoms with E-state index < -0.39 is 0 Å². The van der Waals surface area contributed by atoms with Crippen LogP contribution in [0.3, 0.4) is 0 Å². The Bertz CT molecular complexity index is 736. The van der Waals surface area contributed by atoms with Crippen LogP contribution in [0.25, 0.3) is 11.3 Å². The van der Waals surface area contributed by atoms with E-state index in [1.165, 1.54) is 0 Å². The number of nitrogens with zero attached hydrogens (tertiary/aromatic N) is 3. The highest BCUT2D eigenvalue weighted by Crippen LogP contribution is 2.20. The molecule has 0 bridgehead atoms. The minimum absolute atomic E-state index is 0.674. The molecule has 0 spiro atoms. The van der Waals surface area contributed by atoms with Gasteiger partial charge < -0.3 is 9.55 Å². The van der Waals surface area contributed by atoms with E-state index in [1.807, 2.05) is 43.7 Å². The average Bonchev–Trinajstić information content (AvgIpc) is 2.99. The molecule has 0 aliphatic heterocycles. The summed E-state index contributed by atoms with van der Waals surface area (Å²) < 4.78 is 4.57. The zero-order chi connectivity index (χ0) is 13.2. The van der Waals surface area contributed by atoms with E-state index in [9.17, 15) is 0 Å². The second kappa shape index (κ2) is 4.85. The molecule has 0 radical (unpaired) electrons. The number of hydrogen-bond donors (Lipinski definition) is 1. The van der Waals surface area contributed by atoms with Gasteiger partial charge in [-0.3, -0.25) is 4.68 Å². The summed E-state index contributed by atoms with van der Waals surface area (Å²) in [7, 11) is 1.91. The molecule has 19 heavy (non-hydrogen) atoms. The number of aromatic nitrogens is 4. The van der Waals surface area contributed by atoms with Gasteiger partial charge >= 0.3 is 0 Å². The first kappa shape index (κ1) is 11.9. The number of imidazole rings is 1. The second-order valence-electron chi connectivity index (χ2n) is 4.41. The molecule has 5 heteroatoms. The molecule has 4 nitrogen and oxygen atoms in total. The van der Waals surface area contributed by atoms with Crippen molar-refractivity contribution in [1.29, 1.82) is 0 Å². The molecular formula is C14H14N4S. The van der Waals surface area contributed by atoms with Crippen molar-refractivity contribution in [2.45, 2.75) is 6.54 Å². The molecule has 1 aromatic carbocycles. The summed E-state index contributed by atoms with van der Waals surface area (Å²) in [6, 6.07) is 12.2. The molecule has 0 saturated heterocycles. The van der Waals surface area contributed by atoms with Crippen molar-refractivity contribution in [1.82, 2.24) is 19.3 Å². The lowest BCUT2D eigenvalue weighted by molar-refractivity contribution is 0.704. The van der Waals surface area contributed by atoms with Crippen LogP contribution in [-0.4, -0.2) is 19.3 Å². The minimum Gasteiger partial charge on any atom is -0.337 e. The fourth-order valence-electron chi connectivity index (χ4n) is 2.11. The SMILES string of the molecule is Cn1ccc(Cn2c(-c3ccccc3)c[nH]c2=S)n1. The summed E-state index contributed by atoms with van der Waals surface area (Å²) >= 11 is 5.35. The van der Waals surface area contributed by atoms with Crippen LogP contribution in [0.2, 0.25) is 0 Å². The second-order valence-corrected chi connectivity index (χ2v) is 4.80. The van der Waals surface area contributed by atoms with Crippen molar-refractivity contribution >= 4 is 12.2 Å². The third-order valence-electron chi connectivity index (χ3n) is 3.03. The third kappa shape index (κ3) is 2.37. The monoisotopic (exact) mass is 270 g/mol. The lowest BCUT2D eigenvalue weighted by Crippen LogP contribution is -2.03. The van der Waals surface area contributed by atoms with Gasteiger partial charge in [0.15, 0.2) is 4.77 Å². The topological polar surface area (TPSA) is 38.5 Å². The van der Waals surface area contributed by atoms with Gasteiger partial charge in [0.05, 0.1) is 17.9 Å². The Morgan fingerprint density at radius 2 is 2.00 bits per heavy atom. The van der Waals surface area contributed by atoms with Crippen molar-refractivity contribution in [2.75, 3.05) is 0 Å².